The van der Waals surface area contributed by atoms with Crippen molar-refractivity contribution in [3.05, 3.63) is 65.6 Å². The molecule has 0 aliphatic carbocycles. The molecule has 2 aromatic heterocycles. The molecule has 3 heterocycles. The molecule has 0 radical (unpaired) electrons. The zero-order valence-corrected chi connectivity index (χ0v) is 18.7. The minimum atomic E-state index is -4.41. The number of carbonyl (C=O) groups is 1. The average molecular weight is 458 g/mol. The number of nitrogens with zero attached hydrogens (tertiary/aromatic N) is 4. The van der Waals surface area contributed by atoms with E-state index in [1.807, 2.05) is 53.9 Å². The van der Waals surface area contributed by atoms with Crippen LogP contribution in [0, 0.1) is 6.92 Å². The predicted molar refractivity (Wildman–Crippen MR) is 119 cm³/mol. The largest absolute Gasteiger partial charge is 0.497 e. The third-order valence-corrected chi connectivity index (χ3v) is 5.92. The van der Waals surface area contributed by atoms with Crippen LogP contribution in [-0.2, 0) is 13.2 Å². The Balaban J connectivity index is 1.50. The Morgan fingerprint density at radius 1 is 1.03 bits per heavy atom. The van der Waals surface area contributed by atoms with Crippen molar-refractivity contribution in [3.8, 4) is 16.9 Å². The van der Waals surface area contributed by atoms with Gasteiger partial charge in [0, 0.05) is 51.2 Å². The molecule has 4 rings (SSSR count). The van der Waals surface area contributed by atoms with E-state index in [4.69, 9.17) is 4.74 Å². The highest BCUT2D eigenvalue weighted by Crippen LogP contribution is 2.32. The van der Waals surface area contributed by atoms with Gasteiger partial charge in [0.25, 0.3) is 5.91 Å². The molecule has 0 N–H and O–H groups in total. The summed E-state index contributed by atoms with van der Waals surface area (Å²) in [6.45, 7) is 3.86. The van der Waals surface area contributed by atoms with E-state index in [2.05, 4.69) is 4.98 Å². The number of halogens is 3. The fourth-order valence-electron chi connectivity index (χ4n) is 4.19. The highest BCUT2D eigenvalue weighted by molar-refractivity contribution is 6.00. The lowest BCUT2D eigenvalue weighted by molar-refractivity contribution is -0.137. The number of hydrogen-bond donors (Lipinski definition) is 0. The molecule has 0 saturated carbocycles. The smallest absolute Gasteiger partial charge is 0.417 e. The Morgan fingerprint density at radius 2 is 1.70 bits per heavy atom. The number of hydrogen-bond acceptors (Lipinski definition) is 4. The Labute approximate surface area is 190 Å². The first kappa shape index (κ1) is 22.7. The molecule has 0 atom stereocenters. The van der Waals surface area contributed by atoms with Crippen molar-refractivity contribution >= 4 is 11.7 Å². The van der Waals surface area contributed by atoms with Crippen LogP contribution in [0.4, 0.5) is 19.0 Å². The first-order valence-corrected chi connectivity index (χ1v) is 10.6. The normalized spacial score (nSPS) is 14.5. The molecule has 1 amide bonds. The number of carbonyl (C=O) groups excluding carboxylic acids is 1. The first-order valence-electron chi connectivity index (χ1n) is 10.6. The maximum absolute atomic E-state index is 13.5. The van der Waals surface area contributed by atoms with Gasteiger partial charge in [-0.2, -0.15) is 13.2 Å². The van der Waals surface area contributed by atoms with E-state index in [0.29, 0.717) is 37.7 Å². The van der Waals surface area contributed by atoms with Gasteiger partial charge in [0.05, 0.1) is 12.7 Å². The van der Waals surface area contributed by atoms with Crippen molar-refractivity contribution in [2.75, 3.05) is 38.2 Å². The second kappa shape index (κ2) is 8.80. The van der Waals surface area contributed by atoms with Gasteiger partial charge in [0.1, 0.15) is 17.3 Å². The van der Waals surface area contributed by atoms with Crippen LogP contribution in [0.5, 0.6) is 5.75 Å². The summed E-state index contributed by atoms with van der Waals surface area (Å²) in [6, 6.07) is 10.0. The Bertz CT molecular complexity index is 1130. The number of aryl methyl sites for hydroxylation is 2. The number of rotatable bonds is 4. The number of ether oxygens (including phenoxy) is 1. The highest BCUT2D eigenvalue weighted by atomic mass is 19.4. The van der Waals surface area contributed by atoms with E-state index in [1.54, 1.807) is 12.0 Å². The van der Waals surface area contributed by atoms with Crippen LogP contribution in [0.2, 0.25) is 0 Å². The zero-order valence-electron chi connectivity index (χ0n) is 18.7. The SMILES string of the molecule is COc1ccc(-c2c(C)cn(C)c2C(=O)N2CCN(c3ccc(C(F)(F)F)cn3)CC2)cc1. The van der Waals surface area contributed by atoms with Gasteiger partial charge in [0.2, 0.25) is 0 Å². The molecule has 0 bridgehead atoms. The van der Waals surface area contributed by atoms with Gasteiger partial charge in [-0.15, -0.1) is 0 Å². The Kier molecular flexibility index (Phi) is 6.05. The fourth-order valence-corrected chi connectivity index (χ4v) is 4.19. The molecular formula is C24H25F3N4O2. The molecule has 9 heteroatoms. The summed E-state index contributed by atoms with van der Waals surface area (Å²) < 4.78 is 45.4. The van der Waals surface area contributed by atoms with Crippen molar-refractivity contribution < 1.29 is 22.7 Å². The van der Waals surface area contributed by atoms with Crippen LogP contribution in [-0.4, -0.2) is 53.6 Å². The third-order valence-electron chi connectivity index (χ3n) is 5.92. The summed E-state index contributed by atoms with van der Waals surface area (Å²) in [4.78, 5) is 21.1. The quantitative estimate of drug-likeness (QED) is 0.582. The lowest BCUT2D eigenvalue weighted by Crippen LogP contribution is -2.49. The molecule has 1 aromatic carbocycles. The molecular weight excluding hydrogens is 433 g/mol. The average Bonchev–Trinajstić information content (AvgIpc) is 3.11. The molecule has 0 unspecified atom stereocenters. The number of piperazine rings is 1. The number of alkyl halides is 3. The Morgan fingerprint density at radius 3 is 2.24 bits per heavy atom. The lowest BCUT2D eigenvalue weighted by Gasteiger charge is -2.35. The molecule has 1 fully saturated rings. The summed E-state index contributed by atoms with van der Waals surface area (Å²) >= 11 is 0. The summed E-state index contributed by atoms with van der Waals surface area (Å²) in [5.41, 5.74) is 2.66. The third kappa shape index (κ3) is 4.53. The summed E-state index contributed by atoms with van der Waals surface area (Å²) in [5, 5.41) is 0. The number of benzene rings is 1. The molecule has 33 heavy (non-hydrogen) atoms. The van der Waals surface area contributed by atoms with Gasteiger partial charge < -0.3 is 19.1 Å². The van der Waals surface area contributed by atoms with E-state index in [-0.39, 0.29) is 5.91 Å². The van der Waals surface area contributed by atoms with Crippen molar-refractivity contribution in [1.29, 1.82) is 0 Å². The van der Waals surface area contributed by atoms with Gasteiger partial charge in [-0.05, 0) is 42.3 Å². The maximum Gasteiger partial charge on any atom is 0.417 e. The number of anilines is 1. The molecule has 1 aliphatic heterocycles. The number of methoxy groups -OCH3 is 1. The van der Waals surface area contributed by atoms with Gasteiger partial charge in [0.15, 0.2) is 0 Å². The molecule has 6 nitrogen and oxygen atoms in total. The topological polar surface area (TPSA) is 50.6 Å². The molecule has 1 aliphatic rings. The fraction of sp³-hybridized carbons (Fsp3) is 0.333. The van der Waals surface area contributed by atoms with E-state index >= 15 is 0 Å². The van der Waals surface area contributed by atoms with Crippen LogP contribution >= 0.6 is 0 Å². The van der Waals surface area contributed by atoms with Crippen LogP contribution in [0.25, 0.3) is 11.1 Å². The monoisotopic (exact) mass is 458 g/mol. The first-order chi connectivity index (χ1) is 15.7. The summed E-state index contributed by atoms with van der Waals surface area (Å²) in [7, 11) is 3.47. The molecule has 0 spiro atoms. The van der Waals surface area contributed by atoms with Gasteiger partial charge in [-0.1, -0.05) is 12.1 Å². The van der Waals surface area contributed by atoms with Gasteiger partial charge in [-0.25, -0.2) is 4.98 Å². The summed E-state index contributed by atoms with van der Waals surface area (Å²) in [5.74, 6) is 1.15. The second-order valence-electron chi connectivity index (χ2n) is 8.06. The summed E-state index contributed by atoms with van der Waals surface area (Å²) in [6.07, 6.45) is -1.62. The predicted octanol–water partition coefficient (Wildman–Crippen LogP) is 4.39. The maximum atomic E-state index is 13.5. The molecule has 3 aromatic rings. The molecule has 174 valence electrons. The van der Waals surface area contributed by atoms with Crippen molar-refractivity contribution in [2.24, 2.45) is 7.05 Å². The van der Waals surface area contributed by atoms with Crippen LogP contribution < -0.4 is 9.64 Å². The van der Waals surface area contributed by atoms with E-state index in [1.165, 1.54) is 6.07 Å². The molecule has 1 saturated heterocycles. The van der Waals surface area contributed by atoms with E-state index in [9.17, 15) is 18.0 Å². The van der Waals surface area contributed by atoms with Crippen LogP contribution in [0.1, 0.15) is 21.6 Å². The number of amides is 1. The minimum Gasteiger partial charge on any atom is -0.497 e. The van der Waals surface area contributed by atoms with Crippen molar-refractivity contribution in [1.82, 2.24) is 14.5 Å². The zero-order chi connectivity index (χ0) is 23.8. The van der Waals surface area contributed by atoms with Crippen molar-refractivity contribution in [2.45, 2.75) is 13.1 Å². The number of aromatic nitrogens is 2. The minimum absolute atomic E-state index is 0.0727. The highest BCUT2D eigenvalue weighted by Gasteiger charge is 2.32. The van der Waals surface area contributed by atoms with E-state index in [0.717, 1.165) is 34.7 Å². The van der Waals surface area contributed by atoms with Crippen LogP contribution in [0.3, 0.4) is 0 Å². The number of pyridine rings is 1. The lowest BCUT2D eigenvalue weighted by atomic mass is 10.0. The Hall–Kier alpha value is -3.49. The van der Waals surface area contributed by atoms with Gasteiger partial charge in [-0.3, -0.25) is 4.79 Å². The standard InChI is InChI=1S/C24H25F3N4O2/c1-16-15-29(2)22(21(16)17-4-7-19(33-3)8-5-17)23(32)31-12-10-30(11-13-31)20-9-6-18(14-28-20)24(25,26)27/h4-9,14-15H,10-13H2,1-3H3. The van der Waals surface area contributed by atoms with E-state index < -0.39 is 11.7 Å². The van der Waals surface area contributed by atoms with Crippen molar-refractivity contribution in [3.63, 3.8) is 0 Å². The van der Waals surface area contributed by atoms with Crippen LogP contribution in [0.15, 0.2) is 48.8 Å². The van der Waals surface area contributed by atoms with Gasteiger partial charge >= 0.3 is 6.18 Å². The second-order valence-corrected chi connectivity index (χ2v) is 8.06.